The zero-order valence-electron chi connectivity index (χ0n) is 19.0. The van der Waals surface area contributed by atoms with Gasteiger partial charge < -0.3 is 10.2 Å². The van der Waals surface area contributed by atoms with Gasteiger partial charge in [-0.25, -0.2) is 4.98 Å². The number of benzene rings is 3. The van der Waals surface area contributed by atoms with Crippen LogP contribution in [-0.4, -0.2) is 28.9 Å². The molecule has 3 aromatic carbocycles. The summed E-state index contributed by atoms with van der Waals surface area (Å²) >= 11 is 1.59. The summed E-state index contributed by atoms with van der Waals surface area (Å²) in [6.45, 7) is 1.93. The van der Waals surface area contributed by atoms with Gasteiger partial charge in [-0.3, -0.25) is 14.9 Å². The van der Waals surface area contributed by atoms with Gasteiger partial charge in [-0.15, -0.1) is 11.3 Å². The maximum atomic E-state index is 12.7. The van der Waals surface area contributed by atoms with Crippen molar-refractivity contribution in [2.45, 2.75) is 19.4 Å². The van der Waals surface area contributed by atoms with Crippen LogP contribution in [-0.2, 0) is 6.54 Å². The predicted octanol–water partition coefficient (Wildman–Crippen LogP) is 5.92. The molecule has 1 aromatic heterocycles. The van der Waals surface area contributed by atoms with Gasteiger partial charge in [0.25, 0.3) is 11.6 Å². The number of carbonyl (C=O) groups excluding carboxylic acids is 1. The lowest BCUT2D eigenvalue weighted by Gasteiger charge is -2.17. The van der Waals surface area contributed by atoms with Gasteiger partial charge in [0.05, 0.1) is 10.6 Å². The van der Waals surface area contributed by atoms with Crippen LogP contribution in [0.1, 0.15) is 28.8 Å². The minimum absolute atomic E-state index is 0.0257. The van der Waals surface area contributed by atoms with Crippen LogP contribution >= 0.6 is 11.3 Å². The maximum absolute atomic E-state index is 12.7. The van der Waals surface area contributed by atoms with Crippen molar-refractivity contribution in [1.82, 2.24) is 10.3 Å². The van der Waals surface area contributed by atoms with Gasteiger partial charge in [0.1, 0.15) is 10.7 Å². The summed E-state index contributed by atoms with van der Waals surface area (Å²) in [6.07, 6.45) is 2.05. The molecule has 1 fully saturated rings. The smallest absolute Gasteiger partial charge is 0.293 e. The highest BCUT2D eigenvalue weighted by Gasteiger charge is 2.23. The van der Waals surface area contributed by atoms with Gasteiger partial charge in [0, 0.05) is 47.8 Å². The number of anilines is 1. The van der Waals surface area contributed by atoms with E-state index in [0.29, 0.717) is 12.2 Å². The summed E-state index contributed by atoms with van der Waals surface area (Å²) in [5, 5.41) is 17.5. The number of nitro groups is 1. The van der Waals surface area contributed by atoms with Crippen molar-refractivity contribution in [3.8, 4) is 21.8 Å². The topological polar surface area (TPSA) is 88.4 Å². The van der Waals surface area contributed by atoms with E-state index in [-0.39, 0.29) is 17.2 Å². The number of hydrogen-bond acceptors (Lipinski definition) is 6. The number of thiazole rings is 1. The minimum atomic E-state index is -0.412. The standard InChI is InChI=1S/C27H24N4O3S/c32-26(22-12-13-24(25(16-22)31(33)34)30-14-4-5-15-30)28-17-19-8-10-21(11-9-19)27-29-23(18-35-27)20-6-2-1-3-7-20/h1-3,6-13,16,18H,4-5,14-15,17H2,(H,28,32). The third-order valence-corrected chi connectivity index (χ3v) is 7.00. The summed E-state index contributed by atoms with van der Waals surface area (Å²) in [5.74, 6) is -0.336. The Morgan fingerprint density at radius 1 is 1.00 bits per heavy atom. The molecule has 0 aliphatic carbocycles. The van der Waals surface area contributed by atoms with E-state index in [4.69, 9.17) is 4.98 Å². The highest BCUT2D eigenvalue weighted by atomic mass is 32.1. The van der Waals surface area contributed by atoms with E-state index in [2.05, 4.69) is 5.32 Å². The fraction of sp³-hybridized carbons (Fsp3) is 0.185. The Morgan fingerprint density at radius 3 is 2.46 bits per heavy atom. The molecule has 1 saturated heterocycles. The van der Waals surface area contributed by atoms with Crippen molar-refractivity contribution >= 4 is 28.6 Å². The van der Waals surface area contributed by atoms with Crippen molar-refractivity contribution in [3.05, 3.63) is 99.4 Å². The molecule has 0 radical (unpaired) electrons. The molecule has 5 rings (SSSR count). The Balaban J connectivity index is 1.24. The van der Waals surface area contributed by atoms with Crippen molar-refractivity contribution < 1.29 is 9.72 Å². The molecule has 176 valence electrons. The average molecular weight is 485 g/mol. The van der Waals surface area contributed by atoms with E-state index in [9.17, 15) is 14.9 Å². The van der Waals surface area contributed by atoms with Gasteiger partial charge in [0.15, 0.2) is 0 Å². The van der Waals surface area contributed by atoms with Gasteiger partial charge in [-0.05, 0) is 30.5 Å². The molecule has 7 nitrogen and oxygen atoms in total. The third-order valence-electron chi connectivity index (χ3n) is 6.11. The molecule has 35 heavy (non-hydrogen) atoms. The zero-order valence-corrected chi connectivity index (χ0v) is 19.8. The van der Waals surface area contributed by atoms with Crippen molar-refractivity contribution in [1.29, 1.82) is 0 Å². The first kappa shape index (κ1) is 22.7. The zero-order chi connectivity index (χ0) is 24.2. The Bertz CT molecular complexity index is 1350. The average Bonchev–Trinajstić information content (AvgIpc) is 3.61. The third kappa shape index (κ3) is 5.07. The molecule has 0 saturated carbocycles. The van der Waals surface area contributed by atoms with Crippen LogP contribution in [0.15, 0.2) is 78.2 Å². The molecule has 4 aromatic rings. The molecule has 0 spiro atoms. The number of aromatic nitrogens is 1. The SMILES string of the molecule is O=C(NCc1ccc(-c2nc(-c3ccccc3)cs2)cc1)c1ccc(N2CCCC2)c([N+](=O)[O-])c1. The Kier molecular flexibility index (Phi) is 6.54. The minimum Gasteiger partial charge on any atom is -0.366 e. The number of nitro benzene ring substituents is 1. The molecule has 1 aliphatic heterocycles. The van der Waals surface area contributed by atoms with Gasteiger partial charge in [-0.2, -0.15) is 0 Å². The number of carbonyl (C=O) groups is 1. The van der Waals surface area contributed by atoms with Crippen LogP contribution in [0.3, 0.4) is 0 Å². The number of nitrogens with one attached hydrogen (secondary N) is 1. The van der Waals surface area contributed by atoms with E-state index in [1.165, 1.54) is 6.07 Å². The summed E-state index contributed by atoms with van der Waals surface area (Å²) in [7, 11) is 0. The van der Waals surface area contributed by atoms with E-state index in [1.54, 1.807) is 23.5 Å². The maximum Gasteiger partial charge on any atom is 0.293 e. The van der Waals surface area contributed by atoms with Crippen LogP contribution in [0.2, 0.25) is 0 Å². The highest BCUT2D eigenvalue weighted by molar-refractivity contribution is 7.13. The molecule has 8 heteroatoms. The first-order chi connectivity index (χ1) is 17.1. The van der Waals surface area contributed by atoms with Crippen molar-refractivity contribution in [2.75, 3.05) is 18.0 Å². The monoisotopic (exact) mass is 484 g/mol. The molecular formula is C27H24N4O3S. The number of rotatable bonds is 7. The number of nitrogens with zero attached hydrogens (tertiary/aromatic N) is 3. The van der Waals surface area contributed by atoms with E-state index < -0.39 is 4.92 Å². The first-order valence-corrected chi connectivity index (χ1v) is 12.4. The molecule has 1 N–H and O–H groups in total. The van der Waals surface area contributed by atoms with Crippen LogP contribution in [0.25, 0.3) is 21.8 Å². The summed E-state index contributed by atoms with van der Waals surface area (Å²) in [5.41, 5.74) is 4.83. The first-order valence-electron chi connectivity index (χ1n) is 11.5. The Morgan fingerprint density at radius 2 is 1.74 bits per heavy atom. The normalized spacial score (nSPS) is 13.1. The summed E-state index contributed by atoms with van der Waals surface area (Å²) < 4.78 is 0. The van der Waals surface area contributed by atoms with Gasteiger partial charge in [-0.1, -0.05) is 54.6 Å². The Labute approximate surface area is 207 Å². The molecule has 0 unspecified atom stereocenters. The summed E-state index contributed by atoms with van der Waals surface area (Å²) in [4.78, 5) is 30.6. The lowest BCUT2D eigenvalue weighted by Crippen LogP contribution is -2.23. The molecule has 2 heterocycles. The van der Waals surface area contributed by atoms with Crippen molar-refractivity contribution in [2.24, 2.45) is 0 Å². The van der Waals surface area contributed by atoms with Crippen LogP contribution in [0, 0.1) is 10.1 Å². The van der Waals surface area contributed by atoms with Crippen LogP contribution < -0.4 is 10.2 Å². The fourth-order valence-corrected chi connectivity index (χ4v) is 5.07. The largest absolute Gasteiger partial charge is 0.366 e. The highest BCUT2D eigenvalue weighted by Crippen LogP contribution is 2.32. The fourth-order valence-electron chi connectivity index (χ4n) is 4.23. The molecule has 1 aliphatic rings. The molecule has 0 atom stereocenters. The number of amides is 1. The lowest BCUT2D eigenvalue weighted by molar-refractivity contribution is -0.384. The molecule has 0 bridgehead atoms. The second-order valence-corrected chi connectivity index (χ2v) is 9.30. The quantitative estimate of drug-likeness (QED) is 0.260. The van der Waals surface area contributed by atoms with Crippen molar-refractivity contribution in [3.63, 3.8) is 0 Å². The van der Waals surface area contributed by atoms with E-state index >= 15 is 0 Å². The second kappa shape index (κ2) is 10.1. The predicted molar refractivity (Wildman–Crippen MR) is 139 cm³/mol. The molecule has 1 amide bonds. The van der Waals surface area contributed by atoms with E-state index in [0.717, 1.165) is 53.3 Å². The van der Waals surface area contributed by atoms with E-state index in [1.807, 2.05) is 64.9 Å². The van der Waals surface area contributed by atoms with Gasteiger partial charge in [0.2, 0.25) is 0 Å². The second-order valence-electron chi connectivity index (χ2n) is 8.44. The number of hydrogen-bond donors (Lipinski definition) is 1. The molecular weight excluding hydrogens is 460 g/mol. The van der Waals surface area contributed by atoms with Gasteiger partial charge >= 0.3 is 0 Å². The van der Waals surface area contributed by atoms with Crippen LogP contribution in [0.4, 0.5) is 11.4 Å². The van der Waals surface area contributed by atoms with Crippen LogP contribution in [0.5, 0.6) is 0 Å². The Hall–Kier alpha value is -4.04. The lowest BCUT2D eigenvalue weighted by atomic mass is 10.1. The summed E-state index contributed by atoms with van der Waals surface area (Å²) in [6, 6.07) is 22.7.